The van der Waals surface area contributed by atoms with E-state index in [4.69, 9.17) is 0 Å². The average Bonchev–Trinajstić information content (AvgIpc) is 3.05. The average molecular weight is 405 g/mol. The maximum absolute atomic E-state index is 2.45. The van der Waals surface area contributed by atoms with E-state index >= 15 is 0 Å². The third-order valence-electron chi connectivity index (χ3n) is 6.56. The van der Waals surface area contributed by atoms with Crippen LogP contribution in [0.5, 0.6) is 0 Å². The van der Waals surface area contributed by atoms with Crippen LogP contribution in [0.1, 0.15) is 41.7 Å². The van der Waals surface area contributed by atoms with Crippen molar-refractivity contribution >= 4 is 11.8 Å². The zero-order valence-corrected chi connectivity index (χ0v) is 18.2. The molecule has 1 spiro atoms. The van der Waals surface area contributed by atoms with Crippen molar-refractivity contribution in [3.8, 4) is 11.1 Å². The van der Waals surface area contributed by atoms with Crippen LogP contribution in [-0.2, 0) is 11.8 Å². The van der Waals surface area contributed by atoms with E-state index in [1.807, 2.05) is 11.8 Å². The van der Waals surface area contributed by atoms with Crippen molar-refractivity contribution in [3.63, 3.8) is 0 Å². The molecule has 0 atom stereocenters. The molecule has 0 saturated heterocycles. The summed E-state index contributed by atoms with van der Waals surface area (Å²) in [5.41, 5.74) is 9.66. The normalized spacial score (nSPS) is 14.9. The number of hydrogen-bond acceptors (Lipinski definition) is 1. The first-order valence-electron chi connectivity index (χ1n) is 10.8. The molecule has 0 bridgehead atoms. The first-order chi connectivity index (χ1) is 14.7. The third kappa shape index (κ3) is 2.36. The lowest BCUT2D eigenvalue weighted by Gasteiger charge is -2.39. The molecule has 0 aromatic heterocycles. The van der Waals surface area contributed by atoms with E-state index in [1.54, 1.807) is 0 Å². The van der Waals surface area contributed by atoms with Gasteiger partial charge in [-0.1, -0.05) is 104 Å². The molecular formula is C29H24S. The zero-order chi connectivity index (χ0) is 20.3. The van der Waals surface area contributed by atoms with Crippen molar-refractivity contribution < 1.29 is 0 Å². The van der Waals surface area contributed by atoms with Crippen LogP contribution in [0.15, 0.2) is 101 Å². The Morgan fingerprint density at radius 2 is 1.20 bits per heavy atom. The Morgan fingerprint density at radius 1 is 0.633 bits per heavy atom. The molecule has 0 nitrogen and oxygen atoms in total. The van der Waals surface area contributed by atoms with E-state index in [0.717, 1.165) is 6.42 Å². The minimum Gasteiger partial charge on any atom is -0.0894 e. The quantitative estimate of drug-likeness (QED) is 0.285. The molecule has 0 amide bonds. The monoisotopic (exact) mass is 404 g/mol. The summed E-state index contributed by atoms with van der Waals surface area (Å²) in [5, 5.41) is 0. The number of rotatable bonds is 2. The third-order valence-corrected chi connectivity index (χ3v) is 7.71. The molecule has 0 unspecified atom stereocenters. The van der Waals surface area contributed by atoms with Crippen LogP contribution < -0.4 is 0 Å². The largest absolute Gasteiger partial charge is 0.0894 e. The molecule has 30 heavy (non-hydrogen) atoms. The fourth-order valence-corrected chi connectivity index (χ4v) is 6.70. The zero-order valence-electron chi connectivity index (χ0n) is 17.4. The van der Waals surface area contributed by atoms with Crippen molar-refractivity contribution in [2.24, 2.45) is 5.92 Å². The summed E-state index contributed by atoms with van der Waals surface area (Å²) < 4.78 is 0. The fraction of sp³-hybridized carbons (Fsp3) is 0.172. The molecule has 1 heteroatoms. The standard InChI is InChI=1S/C29H24S/c1-19(2)17-20-15-16-24-22(18-20)21-9-3-4-10-23(21)29(24)25-11-5-7-13-27(25)30-28-14-8-6-12-26(28)29/h3-16,18-19H,17H2,1-2H3. The number of hydrogen-bond donors (Lipinski definition) is 0. The Bertz CT molecular complexity index is 1240. The first kappa shape index (κ1) is 18.0. The Hall–Kier alpha value is -2.77. The van der Waals surface area contributed by atoms with Gasteiger partial charge in [0.15, 0.2) is 0 Å². The summed E-state index contributed by atoms with van der Waals surface area (Å²) in [6.07, 6.45) is 1.12. The van der Waals surface area contributed by atoms with Crippen molar-refractivity contribution in [1.29, 1.82) is 0 Å². The minimum absolute atomic E-state index is 0.235. The van der Waals surface area contributed by atoms with Crippen molar-refractivity contribution in [3.05, 3.63) is 119 Å². The minimum atomic E-state index is -0.235. The van der Waals surface area contributed by atoms with Gasteiger partial charge in [0.25, 0.3) is 0 Å². The highest BCUT2D eigenvalue weighted by Crippen LogP contribution is 2.62. The maximum Gasteiger partial charge on any atom is 0.0735 e. The van der Waals surface area contributed by atoms with E-state index in [-0.39, 0.29) is 5.41 Å². The smallest absolute Gasteiger partial charge is 0.0735 e. The Morgan fingerprint density at radius 3 is 1.87 bits per heavy atom. The van der Waals surface area contributed by atoms with Crippen molar-refractivity contribution in [1.82, 2.24) is 0 Å². The van der Waals surface area contributed by atoms with Crippen molar-refractivity contribution in [2.45, 2.75) is 35.5 Å². The summed E-state index contributed by atoms with van der Waals surface area (Å²) >= 11 is 1.90. The van der Waals surface area contributed by atoms with Gasteiger partial charge in [0, 0.05) is 9.79 Å². The molecule has 1 aliphatic heterocycles. The summed E-state index contributed by atoms with van der Waals surface area (Å²) in [4.78, 5) is 2.73. The Balaban J connectivity index is 1.75. The van der Waals surface area contributed by atoms with E-state index in [1.165, 1.54) is 48.7 Å². The lowest BCUT2D eigenvalue weighted by Crippen LogP contribution is -2.31. The van der Waals surface area contributed by atoms with E-state index in [0.29, 0.717) is 5.92 Å². The van der Waals surface area contributed by atoms with Crippen LogP contribution in [-0.4, -0.2) is 0 Å². The highest BCUT2D eigenvalue weighted by Gasteiger charge is 2.49. The van der Waals surface area contributed by atoms with Gasteiger partial charge in [0.05, 0.1) is 5.41 Å². The summed E-state index contributed by atoms with van der Waals surface area (Å²) in [7, 11) is 0. The molecule has 4 aromatic rings. The molecule has 0 radical (unpaired) electrons. The van der Waals surface area contributed by atoms with Gasteiger partial charge in [-0.05, 0) is 63.4 Å². The van der Waals surface area contributed by atoms with Gasteiger partial charge in [-0.3, -0.25) is 0 Å². The van der Waals surface area contributed by atoms with Crippen molar-refractivity contribution in [2.75, 3.05) is 0 Å². The Kier molecular flexibility index (Phi) is 3.98. The van der Waals surface area contributed by atoms with Gasteiger partial charge < -0.3 is 0 Å². The van der Waals surface area contributed by atoms with Crippen LogP contribution in [0.2, 0.25) is 0 Å². The van der Waals surface area contributed by atoms with Gasteiger partial charge in [0.2, 0.25) is 0 Å². The van der Waals surface area contributed by atoms with E-state index in [2.05, 4.69) is 105 Å². The van der Waals surface area contributed by atoms with E-state index in [9.17, 15) is 0 Å². The second-order valence-electron chi connectivity index (χ2n) is 8.87. The van der Waals surface area contributed by atoms with Crippen LogP contribution in [0.25, 0.3) is 11.1 Å². The lowest BCUT2D eigenvalue weighted by molar-refractivity contribution is 0.647. The predicted octanol–water partition coefficient (Wildman–Crippen LogP) is 7.71. The topological polar surface area (TPSA) is 0 Å². The second kappa shape index (κ2) is 6.62. The first-order valence-corrected chi connectivity index (χ1v) is 11.6. The fourth-order valence-electron chi connectivity index (χ4n) is 5.50. The summed E-state index contributed by atoms with van der Waals surface area (Å²) in [6, 6.07) is 34.3. The number of benzene rings is 4. The van der Waals surface area contributed by atoms with Gasteiger partial charge in [-0.25, -0.2) is 0 Å². The van der Waals surface area contributed by atoms with Gasteiger partial charge in [-0.2, -0.15) is 0 Å². The van der Waals surface area contributed by atoms with Gasteiger partial charge in [0.1, 0.15) is 0 Å². The molecule has 0 N–H and O–H groups in total. The molecular weight excluding hydrogens is 380 g/mol. The summed E-state index contributed by atoms with van der Waals surface area (Å²) in [6.45, 7) is 4.60. The van der Waals surface area contributed by atoms with Gasteiger partial charge >= 0.3 is 0 Å². The molecule has 4 aromatic carbocycles. The Labute approximate surface area is 183 Å². The van der Waals surface area contributed by atoms with Crippen LogP contribution in [0, 0.1) is 5.92 Å². The van der Waals surface area contributed by atoms with E-state index < -0.39 is 0 Å². The van der Waals surface area contributed by atoms with Crippen LogP contribution in [0.3, 0.4) is 0 Å². The van der Waals surface area contributed by atoms with Crippen LogP contribution in [0.4, 0.5) is 0 Å². The molecule has 1 aliphatic carbocycles. The summed E-state index contributed by atoms with van der Waals surface area (Å²) in [5.74, 6) is 0.654. The molecule has 0 saturated carbocycles. The predicted molar refractivity (Wildman–Crippen MR) is 126 cm³/mol. The number of fused-ring (bicyclic) bond motifs is 9. The SMILES string of the molecule is CC(C)Cc1ccc2c(c1)-c1ccccc1C21c2ccccc2Sc2ccccc21. The molecule has 6 rings (SSSR count). The molecule has 146 valence electrons. The molecule has 2 aliphatic rings. The lowest BCUT2D eigenvalue weighted by atomic mass is 9.67. The second-order valence-corrected chi connectivity index (χ2v) is 9.95. The highest BCUT2D eigenvalue weighted by molar-refractivity contribution is 7.99. The molecule has 0 fully saturated rings. The molecule has 1 heterocycles. The highest BCUT2D eigenvalue weighted by atomic mass is 32.2. The maximum atomic E-state index is 2.45. The van der Waals surface area contributed by atoms with Gasteiger partial charge in [-0.15, -0.1) is 0 Å². The van der Waals surface area contributed by atoms with Crippen LogP contribution >= 0.6 is 11.8 Å².